The van der Waals surface area contributed by atoms with Gasteiger partial charge in [0.1, 0.15) is 11.6 Å². The van der Waals surface area contributed by atoms with E-state index in [4.69, 9.17) is 11.6 Å². The van der Waals surface area contributed by atoms with Crippen molar-refractivity contribution in [3.63, 3.8) is 0 Å². The number of rotatable bonds is 1. The predicted molar refractivity (Wildman–Crippen MR) is 77.7 cm³/mol. The molecule has 5 heteroatoms. The molecule has 2 aliphatic rings. The Morgan fingerprint density at radius 3 is 2.65 bits per heavy atom. The van der Waals surface area contributed by atoms with Crippen LogP contribution in [0.15, 0.2) is 24.3 Å². The van der Waals surface area contributed by atoms with Gasteiger partial charge in [0, 0.05) is 10.7 Å². The summed E-state index contributed by atoms with van der Waals surface area (Å²) in [7, 11) is 0. The van der Waals surface area contributed by atoms with E-state index in [1.54, 1.807) is 30.0 Å². The van der Waals surface area contributed by atoms with Gasteiger partial charge in [0.15, 0.2) is 0 Å². The van der Waals surface area contributed by atoms with E-state index in [2.05, 4.69) is 5.32 Å². The van der Waals surface area contributed by atoms with Crippen molar-refractivity contribution < 1.29 is 9.59 Å². The van der Waals surface area contributed by atoms with Crippen LogP contribution in [-0.4, -0.2) is 23.4 Å². The molecule has 4 nitrogen and oxygen atoms in total. The Hall–Kier alpha value is -1.55. The zero-order valence-electron chi connectivity index (χ0n) is 11.4. The molecule has 1 heterocycles. The summed E-state index contributed by atoms with van der Waals surface area (Å²) in [5.74, 6) is -0.101. The molecule has 1 aliphatic heterocycles. The van der Waals surface area contributed by atoms with Crippen LogP contribution in [0, 0.1) is 0 Å². The number of benzene rings is 1. The first kappa shape index (κ1) is 13.4. The normalized spacial score (nSPS) is 25.1. The van der Waals surface area contributed by atoms with Crippen LogP contribution < -0.4 is 10.2 Å². The topological polar surface area (TPSA) is 49.4 Å². The van der Waals surface area contributed by atoms with E-state index in [0.29, 0.717) is 10.7 Å². The minimum Gasteiger partial charge on any atom is -0.340 e. The number of amides is 2. The second-order valence-corrected chi connectivity index (χ2v) is 6.05. The number of carbonyl (C=O) groups excluding carboxylic acids is 2. The van der Waals surface area contributed by atoms with Crippen LogP contribution in [-0.2, 0) is 9.59 Å². The summed E-state index contributed by atoms with van der Waals surface area (Å²) in [4.78, 5) is 26.7. The lowest BCUT2D eigenvalue weighted by atomic mass is 9.90. The average molecular weight is 293 g/mol. The lowest BCUT2D eigenvalue weighted by Crippen LogP contribution is -2.69. The first-order valence-corrected chi connectivity index (χ1v) is 7.33. The maximum absolute atomic E-state index is 12.9. The third-order valence-electron chi connectivity index (χ3n) is 4.30. The van der Waals surface area contributed by atoms with E-state index in [1.807, 2.05) is 6.07 Å². The number of nitrogens with zero attached hydrogens (tertiary/aromatic N) is 1. The molecule has 0 bridgehead atoms. The van der Waals surface area contributed by atoms with E-state index in [9.17, 15) is 9.59 Å². The Labute approximate surface area is 123 Å². The van der Waals surface area contributed by atoms with E-state index in [1.165, 1.54) is 0 Å². The molecule has 106 valence electrons. The van der Waals surface area contributed by atoms with Crippen LogP contribution in [0.25, 0.3) is 0 Å². The van der Waals surface area contributed by atoms with E-state index < -0.39 is 11.6 Å². The van der Waals surface area contributed by atoms with E-state index in [0.717, 1.165) is 25.7 Å². The number of halogens is 1. The van der Waals surface area contributed by atoms with Crippen LogP contribution in [0.3, 0.4) is 0 Å². The maximum Gasteiger partial charge on any atom is 0.253 e. The van der Waals surface area contributed by atoms with Gasteiger partial charge in [0.2, 0.25) is 5.91 Å². The Morgan fingerprint density at radius 2 is 2.00 bits per heavy atom. The Bertz CT molecular complexity index is 567. The number of nitrogens with one attached hydrogen (secondary N) is 1. The van der Waals surface area contributed by atoms with Crippen molar-refractivity contribution in [1.82, 2.24) is 5.32 Å². The lowest BCUT2D eigenvalue weighted by molar-refractivity contribution is -0.137. The quantitative estimate of drug-likeness (QED) is 0.864. The fourth-order valence-electron chi connectivity index (χ4n) is 3.20. The van der Waals surface area contributed by atoms with Crippen molar-refractivity contribution in [2.45, 2.75) is 44.2 Å². The summed E-state index contributed by atoms with van der Waals surface area (Å²) in [6.07, 6.45) is 3.40. The Morgan fingerprint density at radius 1 is 1.30 bits per heavy atom. The average Bonchev–Trinajstić information content (AvgIpc) is 2.87. The van der Waals surface area contributed by atoms with Gasteiger partial charge in [0.25, 0.3) is 5.91 Å². The van der Waals surface area contributed by atoms with Crippen LogP contribution in [0.4, 0.5) is 5.69 Å². The lowest BCUT2D eigenvalue weighted by Gasteiger charge is -2.43. The summed E-state index contributed by atoms with van der Waals surface area (Å²) >= 11 is 6.01. The van der Waals surface area contributed by atoms with Gasteiger partial charge in [0.05, 0.1) is 0 Å². The van der Waals surface area contributed by atoms with Crippen LogP contribution >= 0.6 is 11.6 Å². The number of anilines is 1. The molecule has 1 saturated heterocycles. The second kappa shape index (κ2) is 4.77. The highest BCUT2D eigenvalue weighted by Crippen LogP contribution is 2.36. The molecule has 1 aromatic carbocycles. The molecule has 2 fully saturated rings. The molecule has 1 aliphatic carbocycles. The summed E-state index contributed by atoms with van der Waals surface area (Å²) in [6, 6.07) is 6.60. The minimum atomic E-state index is -0.702. The van der Waals surface area contributed by atoms with Crippen molar-refractivity contribution in [3.8, 4) is 0 Å². The van der Waals surface area contributed by atoms with Gasteiger partial charge in [-0.15, -0.1) is 0 Å². The molecule has 1 unspecified atom stereocenters. The highest BCUT2D eigenvalue weighted by atomic mass is 35.5. The standard InChI is InChI=1S/C15H17ClN2O2/c1-10-13(19)17-15(7-2-3-8-15)14(20)18(10)12-6-4-5-11(16)9-12/h4-6,9-10H,2-3,7-8H2,1H3,(H,17,19). The highest BCUT2D eigenvalue weighted by molar-refractivity contribution is 6.31. The third kappa shape index (κ3) is 1.99. The zero-order chi connectivity index (χ0) is 14.3. The molecule has 0 aromatic heterocycles. The molecule has 1 N–H and O–H groups in total. The third-order valence-corrected chi connectivity index (χ3v) is 4.54. The zero-order valence-corrected chi connectivity index (χ0v) is 12.1. The van der Waals surface area contributed by atoms with Crippen molar-refractivity contribution in [3.05, 3.63) is 29.3 Å². The molecule has 1 atom stereocenters. The van der Waals surface area contributed by atoms with Gasteiger partial charge in [-0.25, -0.2) is 0 Å². The summed E-state index contributed by atoms with van der Waals surface area (Å²) in [5, 5.41) is 3.51. The van der Waals surface area contributed by atoms with Crippen molar-refractivity contribution >= 4 is 29.1 Å². The molecular weight excluding hydrogens is 276 g/mol. The predicted octanol–water partition coefficient (Wildman–Crippen LogP) is 2.50. The van der Waals surface area contributed by atoms with Gasteiger partial charge in [-0.05, 0) is 38.0 Å². The van der Waals surface area contributed by atoms with Crippen LogP contribution in [0.5, 0.6) is 0 Å². The number of piperazine rings is 1. The van der Waals surface area contributed by atoms with Gasteiger partial charge in [-0.3, -0.25) is 14.5 Å². The molecule has 1 saturated carbocycles. The number of hydrogen-bond donors (Lipinski definition) is 1. The van der Waals surface area contributed by atoms with Gasteiger partial charge in [-0.1, -0.05) is 30.5 Å². The largest absolute Gasteiger partial charge is 0.340 e. The van der Waals surface area contributed by atoms with E-state index in [-0.39, 0.29) is 11.8 Å². The summed E-state index contributed by atoms with van der Waals surface area (Å²) in [5.41, 5.74) is -0.0116. The second-order valence-electron chi connectivity index (χ2n) is 5.61. The summed E-state index contributed by atoms with van der Waals surface area (Å²) in [6.45, 7) is 1.75. The first-order valence-electron chi connectivity index (χ1n) is 6.95. The molecule has 3 rings (SSSR count). The first-order chi connectivity index (χ1) is 9.53. The Kier molecular flexibility index (Phi) is 3.21. The SMILES string of the molecule is CC1C(=O)NC2(CCCC2)C(=O)N1c1cccc(Cl)c1. The monoisotopic (exact) mass is 292 g/mol. The van der Waals surface area contributed by atoms with Crippen molar-refractivity contribution in [2.75, 3.05) is 4.90 Å². The van der Waals surface area contributed by atoms with E-state index >= 15 is 0 Å². The maximum atomic E-state index is 12.9. The Balaban J connectivity index is 2.03. The molecule has 2 amide bonds. The minimum absolute atomic E-state index is 0.00985. The molecule has 1 aromatic rings. The smallest absolute Gasteiger partial charge is 0.253 e. The molecule has 1 spiro atoms. The molecule has 20 heavy (non-hydrogen) atoms. The van der Waals surface area contributed by atoms with Gasteiger partial charge in [-0.2, -0.15) is 0 Å². The fraction of sp³-hybridized carbons (Fsp3) is 0.467. The summed E-state index contributed by atoms with van der Waals surface area (Å²) < 4.78 is 0. The van der Waals surface area contributed by atoms with Crippen LogP contribution in [0.2, 0.25) is 5.02 Å². The number of hydrogen-bond acceptors (Lipinski definition) is 2. The highest BCUT2D eigenvalue weighted by Gasteiger charge is 2.51. The molecule has 0 radical (unpaired) electrons. The van der Waals surface area contributed by atoms with Gasteiger partial charge < -0.3 is 5.32 Å². The van der Waals surface area contributed by atoms with Gasteiger partial charge >= 0.3 is 0 Å². The van der Waals surface area contributed by atoms with Crippen LogP contribution in [0.1, 0.15) is 32.6 Å². The van der Waals surface area contributed by atoms with Crippen molar-refractivity contribution in [1.29, 1.82) is 0 Å². The van der Waals surface area contributed by atoms with Crippen molar-refractivity contribution in [2.24, 2.45) is 0 Å². The fourth-order valence-corrected chi connectivity index (χ4v) is 3.39. The molecular formula is C15H17ClN2O2. The number of carbonyl (C=O) groups is 2.